The van der Waals surface area contributed by atoms with Crippen LogP contribution in [0.25, 0.3) is 0 Å². The van der Waals surface area contributed by atoms with Crippen molar-refractivity contribution in [2.24, 2.45) is 0 Å². The Morgan fingerprint density at radius 3 is 2.35 bits per heavy atom. The zero-order valence-electron chi connectivity index (χ0n) is 16.5. The fraction of sp³-hybridized carbons (Fsp3) is 0.700. The SMILES string of the molecule is CN1CCN(C2CCN(c3ccc(NCC(C)(C)O)c(N)c3)CC2)CC1. The Hall–Kier alpha value is -1.50. The van der Waals surface area contributed by atoms with Gasteiger partial charge in [-0.15, -0.1) is 0 Å². The second-order valence-corrected chi connectivity index (χ2v) is 8.50. The molecule has 0 amide bonds. The highest BCUT2D eigenvalue weighted by molar-refractivity contribution is 5.72. The molecule has 26 heavy (non-hydrogen) atoms. The van der Waals surface area contributed by atoms with Crippen LogP contribution >= 0.6 is 0 Å². The summed E-state index contributed by atoms with van der Waals surface area (Å²) in [4.78, 5) is 7.54. The van der Waals surface area contributed by atoms with E-state index >= 15 is 0 Å². The van der Waals surface area contributed by atoms with Gasteiger partial charge in [0.1, 0.15) is 0 Å². The molecule has 2 fully saturated rings. The van der Waals surface area contributed by atoms with E-state index < -0.39 is 5.60 Å². The Morgan fingerprint density at radius 1 is 1.12 bits per heavy atom. The van der Waals surface area contributed by atoms with Gasteiger partial charge in [0.2, 0.25) is 0 Å². The number of hydrogen-bond donors (Lipinski definition) is 3. The van der Waals surface area contributed by atoms with Gasteiger partial charge in [0.05, 0.1) is 17.0 Å². The zero-order valence-corrected chi connectivity index (χ0v) is 16.5. The molecule has 0 spiro atoms. The molecule has 0 bridgehead atoms. The number of nitrogens with one attached hydrogen (secondary N) is 1. The van der Waals surface area contributed by atoms with Gasteiger partial charge in [0.15, 0.2) is 0 Å². The van der Waals surface area contributed by atoms with Gasteiger partial charge >= 0.3 is 0 Å². The van der Waals surface area contributed by atoms with Gasteiger partial charge < -0.3 is 26.0 Å². The summed E-state index contributed by atoms with van der Waals surface area (Å²) in [5.74, 6) is 0. The van der Waals surface area contributed by atoms with Crippen LogP contribution in [-0.2, 0) is 0 Å². The third kappa shape index (κ3) is 5.02. The number of hydrogen-bond acceptors (Lipinski definition) is 6. The minimum absolute atomic E-state index is 0.479. The molecule has 2 heterocycles. The van der Waals surface area contributed by atoms with E-state index in [4.69, 9.17) is 5.73 Å². The highest BCUT2D eigenvalue weighted by atomic mass is 16.3. The molecule has 0 atom stereocenters. The van der Waals surface area contributed by atoms with Crippen molar-refractivity contribution < 1.29 is 5.11 Å². The van der Waals surface area contributed by atoms with Crippen LogP contribution in [0, 0.1) is 0 Å². The van der Waals surface area contributed by atoms with Crippen molar-refractivity contribution >= 4 is 17.1 Å². The first-order valence-corrected chi connectivity index (χ1v) is 9.85. The van der Waals surface area contributed by atoms with Crippen molar-refractivity contribution in [3.63, 3.8) is 0 Å². The predicted molar refractivity (Wildman–Crippen MR) is 110 cm³/mol. The standard InChI is InChI=1S/C20H35N5O/c1-20(2,26)15-22-19-5-4-17(14-18(19)21)24-8-6-16(7-9-24)25-12-10-23(3)11-13-25/h4-5,14,16,22,26H,6-13,15,21H2,1-3H3. The Morgan fingerprint density at radius 2 is 1.77 bits per heavy atom. The molecule has 0 aromatic heterocycles. The summed E-state index contributed by atoms with van der Waals surface area (Å²) in [6.45, 7) is 11.0. The summed E-state index contributed by atoms with van der Waals surface area (Å²) in [5.41, 5.74) is 8.31. The van der Waals surface area contributed by atoms with Crippen LogP contribution in [0.1, 0.15) is 26.7 Å². The van der Waals surface area contributed by atoms with Crippen LogP contribution < -0.4 is 16.0 Å². The predicted octanol–water partition coefficient (Wildman–Crippen LogP) is 1.67. The maximum Gasteiger partial charge on any atom is 0.0763 e. The lowest BCUT2D eigenvalue weighted by molar-refractivity contribution is 0.0945. The highest BCUT2D eigenvalue weighted by Gasteiger charge is 2.26. The lowest BCUT2D eigenvalue weighted by atomic mass is 10.0. The Balaban J connectivity index is 1.53. The molecule has 4 N–H and O–H groups in total. The maximum atomic E-state index is 9.86. The molecule has 6 nitrogen and oxygen atoms in total. The largest absolute Gasteiger partial charge is 0.397 e. The van der Waals surface area contributed by atoms with Gasteiger partial charge in [-0.25, -0.2) is 0 Å². The number of piperidine rings is 1. The van der Waals surface area contributed by atoms with Crippen molar-refractivity contribution in [3.05, 3.63) is 18.2 Å². The number of likely N-dealkylation sites (N-methyl/N-ethyl adjacent to an activating group) is 1. The molecule has 0 radical (unpaired) electrons. The van der Waals surface area contributed by atoms with Gasteiger partial charge in [-0.3, -0.25) is 4.90 Å². The molecule has 146 valence electrons. The summed E-state index contributed by atoms with van der Waals surface area (Å²) in [6.07, 6.45) is 2.45. The molecule has 2 aliphatic heterocycles. The molecule has 2 saturated heterocycles. The molecule has 0 unspecified atom stereocenters. The minimum Gasteiger partial charge on any atom is -0.397 e. The monoisotopic (exact) mass is 361 g/mol. The number of nitrogens with two attached hydrogens (primary N) is 1. The summed E-state index contributed by atoms with van der Waals surface area (Å²) in [7, 11) is 2.21. The number of nitrogen functional groups attached to an aromatic ring is 1. The molecule has 0 saturated carbocycles. The van der Waals surface area contributed by atoms with E-state index in [1.807, 2.05) is 6.07 Å². The van der Waals surface area contributed by atoms with E-state index in [0.717, 1.165) is 30.5 Å². The average Bonchev–Trinajstić information content (AvgIpc) is 2.61. The number of benzene rings is 1. The van der Waals surface area contributed by atoms with Crippen molar-refractivity contribution in [1.29, 1.82) is 0 Å². The van der Waals surface area contributed by atoms with E-state index in [-0.39, 0.29) is 0 Å². The number of anilines is 3. The van der Waals surface area contributed by atoms with E-state index in [0.29, 0.717) is 6.54 Å². The maximum absolute atomic E-state index is 9.86. The molecule has 0 aliphatic carbocycles. The number of rotatable bonds is 5. The fourth-order valence-electron chi connectivity index (χ4n) is 3.90. The minimum atomic E-state index is -0.754. The first-order chi connectivity index (χ1) is 12.3. The van der Waals surface area contributed by atoms with Crippen LogP contribution in [-0.4, -0.2) is 79.4 Å². The normalized spacial score (nSPS) is 21.2. The highest BCUT2D eigenvalue weighted by Crippen LogP contribution is 2.29. The van der Waals surface area contributed by atoms with Gasteiger partial charge in [-0.2, -0.15) is 0 Å². The quantitative estimate of drug-likeness (QED) is 0.693. The Kier molecular flexibility index (Phi) is 5.95. The van der Waals surface area contributed by atoms with Gasteiger partial charge in [0, 0.05) is 57.5 Å². The van der Waals surface area contributed by atoms with E-state index in [1.54, 1.807) is 13.8 Å². The smallest absolute Gasteiger partial charge is 0.0763 e. The third-order valence-electron chi connectivity index (χ3n) is 5.63. The average molecular weight is 362 g/mol. The van der Waals surface area contributed by atoms with Crippen LogP contribution in [0.5, 0.6) is 0 Å². The summed E-state index contributed by atoms with van der Waals surface area (Å²) >= 11 is 0. The number of piperazine rings is 1. The molecule has 6 heteroatoms. The Bertz CT molecular complexity index is 584. The first-order valence-electron chi connectivity index (χ1n) is 9.85. The van der Waals surface area contributed by atoms with E-state index in [1.165, 1.54) is 44.7 Å². The first kappa shape index (κ1) is 19.3. The van der Waals surface area contributed by atoms with Gasteiger partial charge in [0.25, 0.3) is 0 Å². The van der Waals surface area contributed by atoms with Crippen LogP contribution in [0.2, 0.25) is 0 Å². The van der Waals surface area contributed by atoms with Crippen molar-refractivity contribution in [3.8, 4) is 0 Å². The van der Waals surface area contributed by atoms with E-state index in [2.05, 4.69) is 39.2 Å². The van der Waals surface area contributed by atoms with Crippen molar-refractivity contribution in [1.82, 2.24) is 9.80 Å². The fourth-order valence-corrected chi connectivity index (χ4v) is 3.90. The van der Waals surface area contributed by atoms with Crippen molar-refractivity contribution in [2.75, 3.05) is 68.8 Å². The molecule has 3 rings (SSSR count). The second kappa shape index (κ2) is 8.03. The number of nitrogens with zero attached hydrogens (tertiary/aromatic N) is 3. The van der Waals surface area contributed by atoms with Crippen molar-refractivity contribution in [2.45, 2.75) is 38.3 Å². The summed E-state index contributed by atoms with van der Waals surface area (Å²) in [5, 5.41) is 13.1. The van der Waals surface area contributed by atoms with Gasteiger partial charge in [-0.1, -0.05) is 0 Å². The summed E-state index contributed by atoms with van der Waals surface area (Å²) < 4.78 is 0. The number of aliphatic hydroxyl groups is 1. The Labute approximate surface area is 157 Å². The van der Waals surface area contributed by atoms with Crippen LogP contribution in [0.3, 0.4) is 0 Å². The van der Waals surface area contributed by atoms with Gasteiger partial charge in [-0.05, 0) is 51.9 Å². The molecule has 2 aliphatic rings. The molecule has 1 aromatic rings. The molecular formula is C20H35N5O. The van der Waals surface area contributed by atoms with Crippen LogP contribution in [0.15, 0.2) is 18.2 Å². The lowest BCUT2D eigenvalue weighted by Crippen LogP contribution is -2.52. The van der Waals surface area contributed by atoms with Crippen LogP contribution in [0.4, 0.5) is 17.1 Å². The topological polar surface area (TPSA) is 68.0 Å². The molecular weight excluding hydrogens is 326 g/mol. The zero-order chi connectivity index (χ0) is 18.7. The van der Waals surface area contributed by atoms with E-state index in [9.17, 15) is 5.11 Å². The molecule has 1 aromatic carbocycles. The second-order valence-electron chi connectivity index (χ2n) is 8.50. The summed E-state index contributed by atoms with van der Waals surface area (Å²) in [6, 6.07) is 6.95. The lowest BCUT2D eigenvalue weighted by Gasteiger charge is -2.42. The third-order valence-corrected chi connectivity index (χ3v) is 5.63.